The molecule has 14 heavy (non-hydrogen) atoms. The maximum atomic E-state index is 10.9. The summed E-state index contributed by atoms with van der Waals surface area (Å²) in [5.74, 6) is 0.861. The summed E-state index contributed by atoms with van der Waals surface area (Å²) < 4.78 is 5.34. The topological polar surface area (TPSA) is 26.3 Å². The average Bonchev–Trinajstić information content (AvgIpc) is 2.01. The number of carbonyl (C=O) groups is 1. The molecule has 0 unspecified atom stereocenters. The fraction of sp³-hybridized carbons (Fsp3) is 0.750. The second-order valence-electron chi connectivity index (χ2n) is 4.52. The van der Waals surface area contributed by atoms with Gasteiger partial charge in [-0.25, -0.2) is 0 Å². The van der Waals surface area contributed by atoms with Crippen LogP contribution in [0.15, 0.2) is 12.2 Å². The minimum atomic E-state index is -0.171. The van der Waals surface area contributed by atoms with E-state index in [9.17, 15) is 4.79 Å². The third-order valence-corrected chi connectivity index (χ3v) is 3.00. The first-order valence-electron chi connectivity index (χ1n) is 5.33. The van der Waals surface area contributed by atoms with Crippen LogP contribution in [0, 0.1) is 11.8 Å². The van der Waals surface area contributed by atoms with Crippen molar-refractivity contribution in [3.05, 3.63) is 12.2 Å². The Balaban J connectivity index is 2.63. The largest absolute Gasteiger partial charge is 0.462 e. The van der Waals surface area contributed by atoms with E-state index >= 15 is 0 Å². The van der Waals surface area contributed by atoms with Crippen LogP contribution in [0.5, 0.6) is 0 Å². The average molecular weight is 196 g/mol. The number of carbonyl (C=O) groups excluding carboxylic acids is 1. The van der Waals surface area contributed by atoms with Gasteiger partial charge in [0.2, 0.25) is 0 Å². The zero-order valence-corrected chi connectivity index (χ0v) is 9.38. The molecule has 1 aliphatic carbocycles. The molecule has 1 saturated carbocycles. The minimum absolute atomic E-state index is 0.0637. The Morgan fingerprint density at radius 2 is 2.00 bits per heavy atom. The molecule has 0 aromatic rings. The Morgan fingerprint density at radius 3 is 2.50 bits per heavy atom. The monoisotopic (exact) mass is 196 g/mol. The Morgan fingerprint density at radius 1 is 1.36 bits per heavy atom. The Hall–Kier alpha value is -0.790. The summed E-state index contributed by atoms with van der Waals surface area (Å²) in [7, 11) is 0. The molecule has 0 aromatic heterocycles. The van der Waals surface area contributed by atoms with Crippen LogP contribution in [0.2, 0.25) is 0 Å². The Labute approximate surface area is 86.3 Å². The van der Waals surface area contributed by atoms with Gasteiger partial charge in [0.05, 0.1) is 0 Å². The quantitative estimate of drug-likeness (QED) is 0.501. The maximum absolute atomic E-state index is 10.9. The first-order valence-corrected chi connectivity index (χ1v) is 5.33. The number of hydrogen-bond acceptors (Lipinski definition) is 2. The van der Waals surface area contributed by atoms with E-state index in [-0.39, 0.29) is 12.1 Å². The van der Waals surface area contributed by atoms with Crippen molar-refractivity contribution in [1.82, 2.24) is 0 Å². The maximum Gasteiger partial charge on any atom is 0.302 e. The molecule has 0 heterocycles. The van der Waals surface area contributed by atoms with Crippen LogP contribution in [-0.2, 0) is 9.53 Å². The van der Waals surface area contributed by atoms with Crippen molar-refractivity contribution in [2.24, 2.45) is 11.8 Å². The van der Waals surface area contributed by atoms with Crippen LogP contribution in [0.25, 0.3) is 0 Å². The van der Waals surface area contributed by atoms with Crippen LogP contribution >= 0.6 is 0 Å². The third-order valence-electron chi connectivity index (χ3n) is 3.00. The molecule has 0 N–H and O–H groups in total. The minimum Gasteiger partial charge on any atom is -0.462 e. The van der Waals surface area contributed by atoms with Crippen molar-refractivity contribution in [3.63, 3.8) is 0 Å². The molecular weight excluding hydrogens is 176 g/mol. The summed E-state index contributed by atoms with van der Waals surface area (Å²) >= 11 is 0. The van der Waals surface area contributed by atoms with Crippen molar-refractivity contribution < 1.29 is 9.53 Å². The number of ether oxygens (including phenoxy) is 1. The molecular formula is C12H20O2. The molecule has 0 amide bonds. The smallest absolute Gasteiger partial charge is 0.302 e. The first kappa shape index (κ1) is 11.3. The van der Waals surface area contributed by atoms with E-state index in [0.29, 0.717) is 11.8 Å². The molecule has 1 fully saturated rings. The summed E-state index contributed by atoms with van der Waals surface area (Å²) in [4.78, 5) is 10.9. The van der Waals surface area contributed by atoms with Crippen molar-refractivity contribution >= 4 is 5.97 Å². The highest BCUT2D eigenvalue weighted by molar-refractivity contribution is 5.66. The van der Waals surface area contributed by atoms with Crippen molar-refractivity contribution in [1.29, 1.82) is 0 Å². The molecule has 1 rings (SSSR count). The van der Waals surface area contributed by atoms with Crippen molar-refractivity contribution in [3.8, 4) is 0 Å². The second kappa shape index (κ2) is 4.63. The van der Waals surface area contributed by atoms with Gasteiger partial charge >= 0.3 is 5.97 Å². The highest BCUT2D eigenvalue weighted by Crippen LogP contribution is 2.34. The molecule has 2 nitrogen and oxygen atoms in total. The molecule has 2 heteroatoms. The van der Waals surface area contributed by atoms with E-state index in [4.69, 9.17) is 4.74 Å². The van der Waals surface area contributed by atoms with E-state index in [0.717, 1.165) is 18.4 Å². The van der Waals surface area contributed by atoms with Gasteiger partial charge in [-0.3, -0.25) is 4.79 Å². The number of rotatable bonds is 2. The predicted molar refractivity (Wildman–Crippen MR) is 56.9 cm³/mol. The zero-order chi connectivity index (χ0) is 10.7. The van der Waals surface area contributed by atoms with Gasteiger partial charge in [0.1, 0.15) is 6.10 Å². The van der Waals surface area contributed by atoms with Crippen LogP contribution in [0.4, 0.5) is 0 Å². The summed E-state index contributed by atoms with van der Waals surface area (Å²) in [6.07, 6.45) is 3.37. The molecule has 0 aromatic carbocycles. The SMILES string of the molecule is C=C(C)[C@H]1CC[C@H](C)C[C@H]1OC(C)=O. The fourth-order valence-electron chi connectivity index (χ4n) is 2.24. The summed E-state index contributed by atoms with van der Waals surface area (Å²) in [5, 5.41) is 0. The fourth-order valence-corrected chi connectivity index (χ4v) is 2.24. The van der Waals surface area contributed by atoms with Gasteiger partial charge in [-0.05, 0) is 32.1 Å². The molecule has 1 aliphatic rings. The number of esters is 1. The molecule has 0 radical (unpaired) electrons. The van der Waals surface area contributed by atoms with Crippen LogP contribution in [0.3, 0.4) is 0 Å². The van der Waals surface area contributed by atoms with Gasteiger partial charge in [0.25, 0.3) is 0 Å². The van der Waals surface area contributed by atoms with Gasteiger partial charge in [-0.1, -0.05) is 19.1 Å². The summed E-state index contributed by atoms with van der Waals surface area (Å²) in [5.41, 5.74) is 1.14. The molecule has 0 aliphatic heterocycles. The molecule has 3 atom stereocenters. The third kappa shape index (κ3) is 2.86. The summed E-state index contributed by atoms with van der Waals surface area (Å²) in [6, 6.07) is 0. The van der Waals surface area contributed by atoms with Crippen LogP contribution in [-0.4, -0.2) is 12.1 Å². The molecule has 80 valence electrons. The highest BCUT2D eigenvalue weighted by atomic mass is 16.5. The van der Waals surface area contributed by atoms with Crippen molar-refractivity contribution in [2.45, 2.75) is 46.1 Å². The first-order chi connectivity index (χ1) is 6.50. The van der Waals surface area contributed by atoms with Gasteiger partial charge in [0.15, 0.2) is 0 Å². The molecule has 0 bridgehead atoms. The van der Waals surface area contributed by atoms with E-state index in [2.05, 4.69) is 13.5 Å². The Kier molecular flexibility index (Phi) is 3.73. The summed E-state index contributed by atoms with van der Waals surface area (Å²) in [6.45, 7) is 9.69. The lowest BCUT2D eigenvalue weighted by Crippen LogP contribution is -2.32. The van der Waals surface area contributed by atoms with E-state index in [1.54, 1.807) is 0 Å². The predicted octanol–water partition coefficient (Wildman–Crippen LogP) is 2.93. The van der Waals surface area contributed by atoms with Crippen LogP contribution < -0.4 is 0 Å². The lowest BCUT2D eigenvalue weighted by molar-refractivity contribution is -0.150. The number of hydrogen-bond donors (Lipinski definition) is 0. The van der Waals surface area contributed by atoms with E-state index in [1.165, 1.54) is 13.3 Å². The Bertz CT molecular complexity index is 232. The van der Waals surface area contributed by atoms with Gasteiger partial charge in [0, 0.05) is 12.8 Å². The lowest BCUT2D eigenvalue weighted by Gasteiger charge is -2.34. The zero-order valence-electron chi connectivity index (χ0n) is 9.38. The van der Waals surface area contributed by atoms with Gasteiger partial charge in [-0.2, -0.15) is 0 Å². The van der Waals surface area contributed by atoms with Crippen LogP contribution in [0.1, 0.15) is 40.0 Å². The second-order valence-corrected chi connectivity index (χ2v) is 4.52. The van der Waals surface area contributed by atoms with Gasteiger partial charge in [-0.15, -0.1) is 0 Å². The molecule has 0 saturated heterocycles. The lowest BCUT2D eigenvalue weighted by atomic mass is 9.78. The van der Waals surface area contributed by atoms with E-state index < -0.39 is 0 Å². The normalized spacial score (nSPS) is 32.4. The standard InChI is InChI=1S/C12H20O2/c1-8(2)11-6-5-9(3)7-12(11)14-10(4)13/h9,11-12H,1,5-7H2,2-4H3/t9-,11+,12+/m0/s1. The molecule has 0 spiro atoms. The van der Waals surface area contributed by atoms with Crippen molar-refractivity contribution in [2.75, 3.05) is 0 Å². The van der Waals surface area contributed by atoms with E-state index in [1.807, 2.05) is 6.92 Å². The van der Waals surface area contributed by atoms with Gasteiger partial charge < -0.3 is 4.74 Å². The highest BCUT2D eigenvalue weighted by Gasteiger charge is 2.31.